The molecule has 102 valence electrons. The summed E-state index contributed by atoms with van der Waals surface area (Å²) in [6.07, 6.45) is 2.16. The summed E-state index contributed by atoms with van der Waals surface area (Å²) in [7, 11) is 1.40. The van der Waals surface area contributed by atoms with Crippen LogP contribution >= 0.6 is 0 Å². The molecule has 0 aromatic carbocycles. The summed E-state index contributed by atoms with van der Waals surface area (Å²) in [6.45, 7) is 4.00. The second-order valence-corrected chi connectivity index (χ2v) is 5.10. The van der Waals surface area contributed by atoms with E-state index < -0.39 is 11.7 Å². The minimum Gasteiger partial charge on any atom is -0.469 e. The lowest BCUT2D eigenvalue weighted by molar-refractivity contribution is -0.148. The molecule has 4 atom stereocenters. The summed E-state index contributed by atoms with van der Waals surface area (Å²) < 4.78 is 15.3. The van der Waals surface area contributed by atoms with Gasteiger partial charge in [-0.05, 0) is 26.7 Å². The van der Waals surface area contributed by atoms with Gasteiger partial charge >= 0.3 is 11.9 Å². The number of esters is 2. The maximum Gasteiger partial charge on any atom is 0.338 e. The average molecular weight is 256 g/mol. The van der Waals surface area contributed by atoms with Crippen molar-refractivity contribution in [3.8, 4) is 0 Å². The van der Waals surface area contributed by atoms with Gasteiger partial charge in [0.2, 0.25) is 0 Å². The zero-order valence-corrected chi connectivity index (χ0v) is 11.1. The summed E-state index contributed by atoms with van der Waals surface area (Å²) in [5.74, 6) is -0.619. The molecule has 18 heavy (non-hydrogen) atoms. The highest BCUT2D eigenvalue weighted by Gasteiger charge is 2.65. The smallest absolute Gasteiger partial charge is 0.338 e. The molecule has 0 aromatic heterocycles. The topological polar surface area (TPSA) is 65.1 Å². The lowest BCUT2D eigenvalue weighted by atomic mass is 9.82. The number of rotatable bonds is 4. The van der Waals surface area contributed by atoms with E-state index in [9.17, 15) is 9.59 Å². The fraction of sp³-hybridized carbons (Fsp3) is 0.846. The number of carbonyl (C=O) groups is 2. The van der Waals surface area contributed by atoms with Gasteiger partial charge in [-0.25, -0.2) is 4.79 Å². The van der Waals surface area contributed by atoms with Gasteiger partial charge in [-0.2, -0.15) is 0 Å². The van der Waals surface area contributed by atoms with Crippen molar-refractivity contribution in [2.24, 2.45) is 11.8 Å². The fourth-order valence-corrected chi connectivity index (χ4v) is 3.08. The second kappa shape index (κ2) is 4.88. The highest BCUT2D eigenvalue weighted by molar-refractivity contribution is 5.80. The fourth-order valence-electron chi connectivity index (χ4n) is 3.08. The van der Waals surface area contributed by atoms with Gasteiger partial charge in [0.1, 0.15) is 5.60 Å². The molecule has 2 aliphatic rings. The van der Waals surface area contributed by atoms with E-state index in [0.29, 0.717) is 6.61 Å². The molecular weight excluding hydrogens is 236 g/mol. The standard InChI is InChI=1S/C13H20O5/c1-4-17-12(15)10-13(2,18-10)9-7-5-6-8(9)11(14)16-3/h8-10H,4-7H2,1-3H3. The summed E-state index contributed by atoms with van der Waals surface area (Å²) >= 11 is 0. The van der Waals surface area contributed by atoms with E-state index in [1.807, 2.05) is 6.92 Å². The Balaban J connectivity index is 2.03. The molecule has 1 saturated heterocycles. The van der Waals surface area contributed by atoms with Crippen molar-refractivity contribution in [1.29, 1.82) is 0 Å². The zero-order chi connectivity index (χ0) is 13.3. The Labute approximate surface area is 107 Å². The van der Waals surface area contributed by atoms with E-state index in [1.54, 1.807) is 6.92 Å². The molecule has 1 aliphatic carbocycles. The quantitative estimate of drug-likeness (QED) is 0.560. The van der Waals surface area contributed by atoms with E-state index in [-0.39, 0.29) is 23.8 Å². The lowest BCUT2D eigenvalue weighted by Gasteiger charge is -2.21. The summed E-state index contributed by atoms with van der Waals surface area (Å²) in [4.78, 5) is 23.4. The molecular formula is C13H20O5. The molecule has 2 rings (SSSR count). The van der Waals surface area contributed by atoms with Crippen molar-refractivity contribution in [3.63, 3.8) is 0 Å². The molecule has 1 saturated carbocycles. The zero-order valence-electron chi connectivity index (χ0n) is 11.1. The Kier molecular flexibility index (Phi) is 3.61. The molecule has 0 spiro atoms. The molecule has 0 aromatic rings. The van der Waals surface area contributed by atoms with Crippen LogP contribution in [0.4, 0.5) is 0 Å². The van der Waals surface area contributed by atoms with Crippen LogP contribution in [0.5, 0.6) is 0 Å². The van der Waals surface area contributed by atoms with Crippen molar-refractivity contribution >= 4 is 11.9 Å². The van der Waals surface area contributed by atoms with Gasteiger partial charge in [0.25, 0.3) is 0 Å². The molecule has 4 unspecified atom stereocenters. The van der Waals surface area contributed by atoms with E-state index in [1.165, 1.54) is 7.11 Å². The second-order valence-electron chi connectivity index (χ2n) is 5.10. The van der Waals surface area contributed by atoms with Gasteiger partial charge in [0.05, 0.1) is 19.6 Å². The number of ether oxygens (including phenoxy) is 3. The number of carbonyl (C=O) groups excluding carboxylic acids is 2. The van der Waals surface area contributed by atoms with Gasteiger partial charge in [0.15, 0.2) is 6.10 Å². The van der Waals surface area contributed by atoms with Crippen molar-refractivity contribution in [1.82, 2.24) is 0 Å². The van der Waals surface area contributed by atoms with Crippen LogP contribution < -0.4 is 0 Å². The first kappa shape index (κ1) is 13.3. The van der Waals surface area contributed by atoms with Crippen LogP contribution in [0.15, 0.2) is 0 Å². The third-order valence-electron chi connectivity index (χ3n) is 4.09. The molecule has 0 amide bonds. The van der Waals surface area contributed by atoms with Crippen LogP contribution in [0.2, 0.25) is 0 Å². The van der Waals surface area contributed by atoms with E-state index in [2.05, 4.69) is 0 Å². The van der Waals surface area contributed by atoms with Crippen LogP contribution in [0.1, 0.15) is 33.1 Å². The maximum absolute atomic E-state index is 11.7. The highest BCUT2D eigenvalue weighted by atomic mass is 16.7. The predicted molar refractivity (Wildman–Crippen MR) is 62.8 cm³/mol. The first-order chi connectivity index (χ1) is 8.54. The average Bonchev–Trinajstić information content (AvgIpc) is 2.83. The minimum absolute atomic E-state index is 0.0550. The SMILES string of the molecule is CCOC(=O)C1OC1(C)C1CCCC1C(=O)OC. The van der Waals surface area contributed by atoms with Gasteiger partial charge in [-0.3, -0.25) is 4.79 Å². The molecule has 5 nitrogen and oxygen atoms in total. The van der Waals surface area contributed by atoms with Crippen LogP contribution in [0.3, 0.4) is 0 Å². The minimum atomic E-state index is -0.554. The molecule has 1 heterocycles. The van der Waals surface area contributed by atoms with Crippen LogP contribution in [0, 0.1) is 11.8 Å². The molecule has 5 heteroatoms. The van der Waals surface area contributed by atoms with Crippen LogP contribution in [-0.4, -0.2) is 37.4 Å². The van der Waals surface area contributed by atoms with E-state index >= 15 is 0 Å². The lowest BCUT2D eigenvalue weighted by Crippen LogP contribution is -2.34. The number of epoxide rings is 1. The molecule has 2 fully saturated rings. The van der Waals surface area contributed by atoms with Gasteiger partial charge in [0, 0.05) is 5.92 Å². The van der Waals surface area contributed by atoms with E-state index in [0.717, 1.165) is 19.3 Å². The monoisotopic (exact) mass is 256 g/mol. The Morgan fingerprint density at radius 3 is 2.67 bits per heavy atom. The van der Waals surface area contributed by atoms with Gasteiger partial charge < -0.3 is 14.2 Å². The van der Waals surface area contributed by atoms with Crippen molar-refractivity contribution in [2.75, 3.05) is 13.7 Å². The molecule has 0 N–H and O–H groups in total. The number of hydrogen-bond donors (Lipinski definition) is 0. The summed E-state index contributed by atoms with van der Waals surface area (Å²) in [6, 6.07) is 0. The Hall–Kier alpha value is -1.10. The molecule has 0 radical (unpaired) electrons. The Bertz CT molecular complexity index is 353. The van der Waals surface area contributed by atoms with Crippen LogP contribution in [-0.2, 0) is 23.8 Å². The normalized spacial score (nSPS) is 38.3. The highest BCUT2D eigenvalue weighted by Crippen LogP contribution is 2.52. The third kappa shape index (κ3) is 2.11. The summed E-state index contributed by atoms with van der Waals surface area (Å²) in [5.41, 5.74) is -0.554. The van der Waals surface area contributed by atoms with Gasteiger partial charge in [-0.15, -0.1) is 0 Å². The van der Waals surface area contributed by atoms with Crippen molar-refractivity contribution in [2.45, 2.75) is 44.8 Å². The van der Waals surface area contributed by atoms with E-state index in [4.69, 9.17) is 14.2 Å². The first-order valence-electron chi connectivity index (χ1n) is 6.46. The number of hydrogen-bond acceptors (Lipinski definition) is 5. The van der Waals surface area contributed by atoms with Crippen molar-refractivity contribution < 1.29 is 23.8 Å². The Morgan fingerprint density at radius 1 is 1.33 bits per heavy atom. The predicted octanol–water partition coefficient (Wildman–Crippen LogP) is 1.30. The molecule has 0 bridgehead atoms. The summed E-state index contributed by atoms with van der Waals surface area (Å²) in [5, 5.41) is 0. The number of methoxy groups -OCH3 is 1. The van der Waals surface area contributed by atoms with Crippen molar-refractivity contribution in [3.05, 3.63) is 0 Å². The third-order valence-corrected chi connectivity index (χ3v) is 4.09. The first-order valence-corrected chi connectivity index (χ1v) is 6.46. The van der Waals surface area contributed by atoms with Gasteiger partial charge in [-0.1, -0.05) is 6.42 Å². The maximum atomic E-state index is 11.7. The largest absolute Gasteiger partial charge is 0.469 e. The molecule has 1 aliphatic heterocycles. The Morgan fingerprint density at radius 2 is 2.06 bits per heavy atom. The van der Waals surface area contributed by atoms with Crippen LogP contribution in [0.25, 0.3) is 0 Å².